The van der Waals surface area contributed by atoms with Gasteiger partial charge in [-0.15, -0.1) is 0 Å². The van der Waals surface area contributed by atoms with Gasteiger partial charge in [-0.2, -0.15) is 0 Å². The molecular formula is C26H39NO10. The molecule has 0 radical (unpaired) electrons. The van der Waals surface area contributed by atoms with Crippen LogP contribution in [-0.2, 0) is 35.0 Å². The minimum absolute atomic E-state index is 0.0379. The van der Waals surface area contributed by atoms with Gasteiger partial charge in [0.15, 0.2) is 11.5 Å². The maximum Gasteiger partial charge on any atom is 0.514 e. The second-order valence-electron chi connectivity index (χ2n) is 10.6. The maximum absolute atomic E-state index is 12.6. The molecule has 0 aliphatic carbocycles. The topological polar surface area (TPSA) is 150 Å². The molecule has 37 heavy (non-hydrogen) atoms. The van der Waals surface area contributed by atoms with E-state index < -0.39 is 47.1 Å². The molecule has 1 rings (SSSR count). The highest BCUT2D eigenvalue weighted by atomic mass is 16.8. The number of esters is 2. The molecule has 11 heteroatoms. The largest absolute Gasteiger partial charge is 0.514 e. The number of methoxy groups -OCH3 is 1. The molecule has 1 unspecified atom stereocenters. The van der Waals surface area contributed by atoms with E-state index in [1.54, 1.807) is 55.4 Å². The quantitative estimate of drug-likeness (QED) is 0.276. The summed E-state index contributed by atoms with van der Waals surface area (Å²) in [6.45, 7) is 13.3. The molecule has 2 N–H and O–H groups in total. The van der Waals surface area contributed by atoms with Crippen molar-refractivity contribution in [2.45, 2.75) is 97.5 Å². The second kappa shape index (κ2) is 12.8. The van der Waals surface area contributed by atoms with Gasteiger partial charge in [-0.25, -0.2) is 9.59 Å². The Bertz CT molecular complexity index is 977. The van der Waals surface area contributed by atoms with E-state index >= 15 is 0 Å². The fourth-order valence-corrected chi connectivity index (χ4v) is 3.21. The van der Waals surface area contributed by atoms with Crippen LogP contribution in [0, 0.1) is 0 Å². The smallest absolute Gasteiger partial charge is 0.468 e. The average molecular weight is 526 g/mol. The number of hydrogen-bond donors (Lipinski definition) is 1. The van der Waals surface area contributed by atoms with Gasteiger partial charge in [-0.05, 0) is 66.2 Å². The molecule has 0 fully saturated rings. The van der Waals surface area contributed by atoms with Crippen molar-refractivity contribution in [3.63, 3.8) is 0 Å². The van der Waals surface area contributed by atoms with Crippen molar-refractivity contribution in [2.75, 3.05) is 7.11 Å². The molecule has 0 aliphatic heterocycles. The van der Waals surface area contributed by atoms with E-state index in [9.17, 15) is 19.2 Å². The molecule has 0 spiro atoms. The summed E-state index contributed by atoms with van der Waals surface area (Å²) < 4.78 is 31.1. The summed E-state index contributed by atoms with van der Waals surface area (Å²) in [6.07, 6.45) is -2.67. The Kier molecular flexibility index (Phi) is 10.9. The third kappa shape index (κ3) is 11.5. The van der Waals surface area contributed by atoms with Gasteiger partial charge in [-0.3, -0.25) is 9.59 Å². The van der Waals surface area contributed by atoms with Gasteiger partial charge in [-0.1, -0.05) is 13.0 Å². The summed E-state index contributed by atoms with van der Waals surface area (Å²) in [5.74, 6) is -1.43. The van der Waals surface area contributed by atoms with Crippen LogP contribution < -0.4 is 15.2 Å². The predicted octanol–water partition coefficient (Wildman–Crippen LogP) is 4.46. The van der Waals surface area contributed by atoms with E-state index in [1.807, 2.05) is 0 Å². The Morgan fingerprint density at radius 3 is 1.86 bits per heavy atom. The molecule has 0 aromatic heterocycles. The first kappa shape index (κ1) is 31.7. The highest BCUT2D eigenvalue weighted by Gasteiger charge is 2.38. The van der Waals surface area contributed by atoms with Crippen molar-refractivity contribution >= 4 is 24.2 Å². The maximum atomic E-state index is 12.6. The molecule has 0 bridgehead atoms. The number of rotatable bonds is 9. The van der Waals surface area contributed by atoms with Crippen LogP contribution in [0.15, 0.2) is 18.2 Å². The van der Waals surface area contributed by atoms with Crippen LogP contribution in [0.5, 0.6) is 11.5 Å². The van der Waals surface area contributed by atoms with Crippen molar-refractivity contribution in [1.29, 1.82) is 0 Å². The van der Waals surface area contributed by atoms with Crippen LogP contribution in [0.2, 0.25) is 0 Å². The monoisotopic (exact) mass is 525 g/mol. The Morgan fingerprint density at radius 1 is 0.892 bits per heavy atom. The zero-order valence-electron chi connectivity index (χ0n) is 23.1. The van der Waals surface area contributed by atoms with E-state index in [1.165, 1.54) is 25.3 Å². The highest BCUT2D eigenvalue weighted by molar-refractivity contribution is 5.81. The second-order valence-corrected chi connectivity index (χ2v) is 10.6. The minimum atomic E-state index is -1.58. The zero-order chi connectivity index (χ0) is 28.6. The molecule has 1 aromatic rings. The Balaban J connectivity index is 3.32. The highest BCUT2D eigenvalue weighted by Crippen LogP contribution is 2.32. The Hall–Kier alpha value is -3.34. The van der Waals surface area contributed by atoms with E-state index in [-0.39, 0.29) is 30.8 Å². The standard InChI is InChI=1S/C26H39NO10/c1-10-20(28)33-16(2)14-26(27,21(29)32-9)15-17-11-12-18(34-22(30)36-24(3,4)5)19(13-17)35-23(31)37-25(6,7)8/h11-13,16H,10,14-15,27H2,1-9H3/t16-,26?/m0/s1. The molecule has 0 saturated heterocycles. The van der Waals surface area contributed by atoms with Gasteiger partial charge in [0.2, 0.25) is 0 Å². The Labute approximate surface area is 217 Å². The van der Waals surface area contributed by atoms with Gasteiger partial charge >= 0.3 is 24.2 Å². The number of ether oxygens (including phenoxy) is 6. The van der Waals surface area contributed by atoms with Gasteiger partial charge in [0, 0.05) is 19.3 Å². The van der Waals surface area contributed by atoms with E-state index in [0.717, 1.165) is 0 Å². The van der Waals surface area contributed by atoms with Crippen molar-refractivity contribution in [1.82, 2.24) is 0 Å². The van der Waals surface area contributed by atoms with Crippen LogP contribution in [-0.4, -0.2) is 54.2 Å². The van der Waals surface area contributed by atoms with E-state index in [2.05, 4.69) is 0 Å². The van der Waals surface area contributed by atoms with Crippen molar-refractivity contribution < 1.29 is 47.6 Å². The molecule has 0 heterocycles. The molecule has 2 atom stereocenters. The number of nitrogens with two attached hydrogens (primary N) is 1. The van der Waals surface area contributed by atoms with Crippen LogP contribution in [0.1, 0.15) is 73.8 Å². The lowest BCUT2D eigenvalue weighted by Gasteiger charge is -2.29. The lowest BCUT2D eigenvalue weighted by atomic mass is 9.86. The fraction of sp³-hybridized carbons (Fsp3) is 0.615. The van der Waals surface area contributed by atoms with Crippen molar-refractivity contribution in [3.8, 4) is 11.5 Å². The lowest BCUT2D eigenvalue weighted by Crippen LogP contribution is -2.53. The first-order valence-electron chi connectivity index (χ1n) is 11.9. The van der Waals surface area contributed by atoms with Gasteiger partial charge in [0.05, 0.1) is 7.11 Å². The van der Waals surface area contributed by atoms with Crippen LogP contribution in [0.3, 0.4) is 0 Å². The first-order valence-corrected chi connectivity index (χ1v) is 11.9. The summed E-state index contributed by atoms with van der Waals surface area (Å²) in [6, 6.07) is 4.29. The first-order chi connectivity index (χ1) is 16.9. The SMILES string of the molecule is CCC(=O)O[C@@H](C)CC(N)(Cc1ccc(OC(=O)OC(C)(C)C)c(OC(=O)OC(C)(C)C)c1)C(=O)OC. The summed E-state index contributed by atoms with van der Waals surface area (Å²) in [5.41, 5.74) is 3.62. The van der Waals surface area contributed by atoms with Crippen molar-refractivity contribution in [2.24, 2.45) is 5.73 Å². The zero-order valence-corrected chi connectivity index (χ0v) is 23.1. The third-order valence-electron chi connectivity index (χ3n) is 4.56. The van der Waals surface area contributed by atoms with Gasteiger partial charge in [0.1, 0.15) is 22.8 Å². The van der Waals surface area contributed by atoms with Crippen molar-refractivity contribution in [3.05, 3.63) is 23.8 Å². The van der Waals surface area contributed by atoms with E-state index in [4.69, 9.17) is 34.2 Å². The summed E-state index contributed by atoms with van der Waals surface area (Å²) in [4.78, 5) is 48.9. The normalized spacial score (nSPS) is 14.0. The molecular weight excluding hydrogens is 486 g/mol. The molecule has 0 aliphatic rings. The van der Waals surface area contributed by atoms with Crippen LogP contribution >= 0.6 is 0 Å². The predicted molar refractivity (Wildman–Crippen MR) is 133 cm³/mol. The third-order valence-corrected chi connectivity index (χ3v) is 4.56. The van der Waals surface area contributed by atoms with Crippen LogP contribution in [0.4, 0.5) is 9.59 Å². The summed E-state index contributed by atoms with van der Waals surface area (Å²) in [7, 11) is 1.20. The fourth-order valence-electron chi connectivity index (χ4n) is 3.21. The number of carbonyl (C=O) groups excluding carboxylic acids is 4. The molecule has 11 nitrogen and oxygen atoms in total. The molecule has 208 valence electrons. The molecule has 0 amide bonds. The minimum Gasteiger partial charge on any atom is -0.468 e. The Morgan fingerprint density at radius 2 is 1.41 bits per heavy atom. The number of hydrogen-bond acceptors (Lipinski definition) is 11. The summed E-state index contributed by atoms with van der Waals surface area (Å²) >= 11 is 0. The van der Waals surface area contributed by atoms with Crippen LogP contribution in [0.25, 0.3) is 0 Å². The van der Waals surface area contributed by atoms with E-state index in [0.29, 0.717) is 5.56 Å². The number of carbonyl (C=O) groups is 4. The average Bonchev–Trinajstić information content (AvgIpc) is 2.71. The van der Waals surface area contributed by atoms with Gasteiger partial charge < -0.3 is 34.2 Å². The molecule has 1 aromatic carbocycles. The van der Waals surface area contributed by atoms with Gasteiger partial charge in [0.25, 0.3) is 0 Å². The summed E-state index contributed by atoms with van der Waals surface area (Å²) in [5, 5.41) is 0. The number of benzene rings is 1. The molecule has 0 saturated carbocycles. The lowest BCUT2D eigenvalue weighted by molar-refractivity contribution is -0.154.